The Hall–Kier alpha value is -2.95. The normalized spacial score (nSPS) is 10.4. The summed E-state index contributed by atoms with van der Waals surface area (Å²) in [5.41, 5.74) is 2.02. The molecule has 0 aliphatic rings. The van der Waals surface area contributed by atoms with Crippen molar-refractivity contribution in [3.05, 3.63) is 66.5 Å². The van der Waals surface area contributed by atoms with Crippen LogP contribution in [0.1, 0.15) is 10.4 Å². The van der Waals surface area contributed by atoms with Gasteiger partial charge in [0.1, 0.15) is 6.33 Å². The Kier molecular flexibility index (Phi) is 3.01. The second kappa shape index (κ2) is 4.97. The summed E-state index contributed by atoms with van der Waals surface area (Å²) < 4.78 is 1.86. The number of nitrogens with zero attached hydrogens (tertiary/aromatic N) is 3. The van der Waals surface area contributed by atoms with Crippen LogP contribution in [-0.2, 0) is 0 Å². The maximum Gasteiger partial charge on any atom is 0.335 e. The van der Waals surface area contributed by atoms with Crippen LogP contribution >= 0.6 is 0 Å². The first-order valence-electron chi connectivity index (χ1n) is 6.05. The summed E-state index contributed by atoms with van der Waals surface area (Å²) in [5, 5.41) is 16.9. The summed E-state index contributed by atoms with van der Waals surface area (Å²) in [5.74, 6) is -0.269. The van der Waals surface area contributed by atoms with Crippen molar-refractivity contribution in [2.75, 3.05) is 0 Å². The number of hydrogen-bond acceptors (Lipinski definition) is 3. The molecule has 1 aromatic heterocycles. The smallest absolute Gasteiger partial charge is 0.335 e. The van der Waals surface area contributed by atoms with E-state index in [9.17, 15) is 4.79 Å². The molecule has 0 amide bonds. The van der Waals surface area contributed by atoms with Crippen molar-refractivity contribution in [3.8, 4) is 17.1 Å². The van der Waals surface area contributed by atoms with Gasteiger partial charge in [0.25, 0.3) is 0 Å². The second-order valence-corrected chi connectivity index (χ2v) is 4.24. The van der Waals surface area contributed by atoms with Gasteiger partial charge in [-0.05, 0) is 24.3 Å². The van der Waals surface area contributed by atoms with E-state index in [-0.39, 0.29) is 5.56 Å². The van der Waals surface area contributed by atoms with Gasteiger partial charge in [-0.25, -0.2) is 4.79 Å². The summed E-state index contributed by atoms with van der Waals surface area (Å²) in [6.07, 6.45) is 1.63. The monoisotopic (exact) mass is 265 g/mol. The lowest BCUT2D eigenvalue weighted by atomic mass is 10.1. The number of carbonyl (C=O) groups is 1. The van der Waals surface area contributed by atoms with Gasteiger partial charge in [-0.15, -0.1) is 10.2 Å². The molecule has 0 saturated carbocycles. The van der Waals surface area contributed by atoms with Crippen LogP contribution in [0, 0.1) is 0 Å². The lowest BCUT2D eigenvalue weighted by Crippen LogP contribution is -1.98. The molecule has 0 atom stereocenters. The van der Waals surface area contributed by atoms with E-state index in [1.807, 2.05) is 34.9 Å². The highest BCUT2D eigenvalue weighted by atomic mass is 16.4. The predicted molar refractivity (Wildman–Crippen MR) is 73.8 cm³/mol. The number of carboxylic acids is 1. The topological polar surface area (TPSA) is 68.0 Å². The summed E-state index contributed by atoms with van der Waals surface area (Å²) in [6.45, 7) is 0. The van der Waals surface area contributed by atoms with Crippen molar-refractivity contribution in [1.29, 1.82) is 0 Å². The van der Waals surface area contributed by atoms with Crippen LogP contribution in [-0.4, -0.2) is 25.8 Å². The number of aromatic carboxylic acids is 1. The molecule has 0 radical (unpaired) electrons. The second-order valence-electron chi connectivity index (χ2n) is 4.24. The van der Waals surface area contributed by atoms with Gasteiger partial charge in [-0.1, -0.05) is 30.3 Å². The van der Waals surface area contributed by atoms with Gasteiger partial charge in [0, 0.05) is 11.3 Å². The molecule has 20 heavy (non-hydrogen) atoms. The van der Waals surface area contributed by atoms with Gasteiger partial charge in [0.2, 0.25) is 0 Å². The molecule has 5 nitrogen and oxygen atoms in total. The Morgan fingerprint density at radius 3 is 2.35 bits per heavy atom. The zero-order chi connectivity index (χ0) is 13.9. The van der Waals surface area contributed by atoms with Crippen molar-refractivity contribution < 1.29 is 9.90 Å². The number of hydrogen-bond donors (Lipinski definition) is 1. The van der Waals surface area contributed by atoms with Gasteiger partial charge in [-0.2, -0.15) is 0 Å². The molecule has 0 saturated heterocycles. The SMILES string of the molecule is O=C(O)c1ccc(-c2nncn2-c2ccccc2)cc1. The maximum atomic E-state index is 10.9. The summed E-state index contributed by atoms with van der Waals surface area (Å²) >= 11 is 0. The average molecular weight is 265 g/mol. The van der Waals surface area contributed by atoms with E-state index in [2.05, 4.69) is 10.2 Å². The third-order valence-corrected chi connectivity index (χ3v) is 2.97. The number of aromatic nitrogens is 3. The quantitative estimate of drug-likeness (QED) is 0.790. The van der Waals surface area contributed by atoms with Gasteiger partial charge in [0.15, 0.2) is 5.82 Å². The van der Waals surface area contributed by atoms with Gasteiger partial charge in [-0.3, -0.25) is 4.57 Å². The first-order chi connectivity index (χ1) is 9.75. The Balaban J connectivity index is 2.04. The molecule has 98 valence electrons. The van der Waals surface area contributed by atoms with Crippen molar-refractivity contribution in [1.82, 2.24) is 14.8 Å². The standard InChI is InChI=1S/C15H11N3O2/c19-15(20)12-8-6-11(7-9-12)14-17-16-10-18(14)13-4-2-1-3-5-13/h1-10H,(H,19,20). The van der Waals surface area contributed by atoms with E-state index in [1.165, 1.54) is 0 Å². The van der Waals surface area contributed by atoms with Crippen LogP contribution in [0.5, 0.6) is 0 Å². The van der Waals surface area contributed by atoms with Crippen LogP contribution in [0.4, 0.5) is 0 Å². The van der Waals surface area contributed by atoms with Crippen LogP contribution in [0.2, 0.25) is 0 Å². The molecule has 3 aromatic rings. The van der Waals surface area contributed by atoms with E-state index in [1.54, 1.807) is 30.6 Å². The lowest BCUT2D eigenvalue weighted by molar-refractivity contribution is 0.0697. The van der Waals surface area contributed by atoms with Crippen LogP contribution in [0.25, 0.3) is 17.1 Å². The fourth-order valence-electron chi connectivity index (χ4n) is 1.97. The third kappa shape index (κ3) is 2.16. The molecule has 0 aliphatic heterocycles. The first kappa shape index (κ1) is 12.1. The summed E-state index contributed by atoms with van der Waals surface area (Å²) in [4.78, 5) is 10.9. The van der Waals surface area contributed by atoms with Crippen LogP contribution in [0.15, 0.2) is 60.9 Å². The number of carboxylic acid groups (broad SMARTS) is 1. The van der Waals surface area contributed by atoms with Crippen LogP contribution in [0.3, 0.4) is 0 Å². The number of benzene rings is 2. The molecular weight excluding hydrogens is 254 g/mol. The van der Waals surface area contributed by atoms with Gasteiger partial charge < -0.3 is 5.11 Å². The van der Waals surface area contributed by atoms with Crippen molar-refractivity contribution >= 4 is 5.97 Å². The Labute approximate surface area is 115 Å². The highest BCUT2D eigenvalue weighted by Gasteiger charge is 2.09. The predicted octanol–water partition coefficient (Wildman–Crippen LogP) is 2.63. The Morgan fingerprint density at radius 2 is 1.70 bits per heavy atom. The van der Waals surface area contributed by atoms with Crippen molar-refractivity contribution in [3.63, 3.8) is 0 Å². The molecule has 0 fully saturated rings. The average Bonchev–Trinajstić information content (AvgIpc) is 2.97. The fraction of sp³-hybridized carbons (Fsp3) is 0. The zero-order valence-corrected chi connectivity index (χ0v) is 10.5. The molecule has 2 aromatic carbocycles. The Morgan fingerprint density at radius 1 is 1.00 bits per heavy atom. The van der Waals surface area contributed by atoms with E-state index in [4.69, 9.17) is 5.11 Å². The van der Waals surface area contributed by atoms with Crippen molar-refractivity contribution in [2.45, 2.75) is 0 Å². The molecule has 0 bridgehead atoms. The molecule has 1 heterocycles. The number of rotatable bonds is 3. The third-order valence-electron chi connectivity index (χ3n) is 2.97. The largest absolute Gasteiger partial charge is 0.478 e. The van der Waals surface area contributed by atoms with E-state index < -0.39 is 5.97 Å². The molecule has 0 spiro atoms. The minimum absolute atomic E-state index is 0.250. The van der Waals surface area contributed by atoms with Crippen molar-refractivity contribution in [2.24, 2.45) is 0 Å². The Bertz CT molecular complexity index is 733. The number of para-hydroxylation sites is 1. The minimum Gasteiger partial charge on any atom is -0.478 e. The van der Waals surface area contributed by atoms with Crippen LogP contribution < -0.4 is 0 Å². The van der Waals surface area contributed by atoms with E-state index in [0.29, 0.717) is 5.82 Å². The zero-order valence-electron chi connectivity index (χ0n) is 10.5. The molecular formula is C15H11N3O2. The first-order valence-corrected chi connectivity index (χ1v) is 6.05. The summed E-state index contributed by atoms with van der Waals surface area (Å²) in [6, 6.07) is 16.3. The van der Waals surface area contributed by atoms with Gasteiger partial charge in [0.05, 0.1) is 5.56 Å². The molecule has 3 rings (SSSR count). The minimum atomic E-state index is -0.943. The van der Waals surface area contributed by atoms with Gasteiger partial charge >= 0.3 is 5.97 Å². The van der Waals surface area contributed by atoms with E-state index >= 15 is 0 Å². The van der Waals surface area contributed by atoms with E-state index in [0.717, 1.165) is 11.3 Å². The summed E-state index contributed by atoms with van der Waals surface area (Å²) in [7, 11) is 0. The molecule has 5 heteroatoms. The molecule has 1 N–H and O–H groups in total. The highest BCUT2D eigenvalue weighted by molar-refractivity contribution is 5.88. The fourth-order valence-corrected chi connectivity index (χ4v) is 1.97. The molecule has 0 aliphatic carbocycles. The molecule has 0 unspecified atom stereocenters. The lowest BCUT2D eigenvalue weighted by Gasteiger charge is -2.06. The highest BCUT2D eigenvalue weighted by Crippen LogP contribution is 2.20. The maximum absolute atomic E-state index is 10.9.